The summed E-state index contributed by atoms with van der Waals surface area (Å²) >= 11 is 0. The molecule has 0 spiro atoms. The molecule has 25 heavy (non-hydrogen) atoms. The fourth-order valence-corrected chi connectivity index (χ4v) is 6.16. The summed E-state index contributed by atoms with van der Waals surface area (Å²) in [4.78, 5) is -0.185. The average Bonchev–Trinajstić information content (AvgIpc) is 2.56. The van der Waals surface area contributed by atoms with Crippen molar-refractivity contribution in [1.29, 1.82) is 0 Å². The molecule has 2 aromatic carbocycles. The van der Waals surface area contributed by atoms with Crippen molar-refractivity contribution in [3.05, 3.63) is 36.4 Å². The maximum Gasteiger partial charge on any atom is 0.124 e. The van der Waals surface area contributed by atoms with Crippen LogP contribution in [0.1, 0.15) is 32.1 Å². The van der Waals surface area contributed by atoms with Gasteiger partial charge in [-0.3, -0.25) is 0 Å². The summed E-state index contributed by atoms with van der Waals surface area (Å²) in [5.41, 5.74) is 0. The minimum absolute atomic E-state index is 0.185. The second kappa shape index (κ2) is 5.45. The van der Waals surface area contributed by atoms with Crippen LogP contribution in [0.5, 0.6) is 5.75 Å². The minimum Gasteiger partial charge on any atom is -0.744 e. The van der Waals surface area contributed by atoms with E-state index in [4.69, 9.17) is 4.74 Å². The summed E-state index contributed by atoms with van der Waals surface area (Å²) in [5, 5.41) is 1.64. The van der Waals surface area contributed by atoms with Gasteiger partial charge in [0.15, 0.2) is 0 Å². The molecule has 5 heteroatoms. The second-order valence-corrected chi connectivity index (χ2v) is 9.52. The Bertz CT molecular complexity index is 906. The zero-order valence-corrected chi connectivity index (χ0v) is 14.7. The van der Waals surface area contributed by atoms with Crippen LogP contribution in [-0.2, 0) is 10.1 Å². The van der Waals surface area contributed by atoms with Crippen LogP contribution < -0.4 is 4.74 Å². The number of hydrogen-bond acceptors (Lipinski definition) is 4. The summed E-state index contributed by atoms with van der Waals surface area (Å²) in [6, 6.07) is 10.2. The topological polar surface area (TPSA) is 66.4 Å². The lowest BCUT2D eigenvalue weighted by molar-refractivity contribution is -0.0789. The Morgan fingerprint density at radius 1 is 0.840 bits per heavy atom. The van der Waals surface area contributed by atoms with Crippen molar-refractivity contribution in [2.75, 3.05) is 0 Å². The summed E-state index contributed by atoms with van der Waals surface area (Å²) in [6.45, 7) is 0. The van der Waals surface area contributed by atoms with E-state index in [0.29, 0.717) is 17.9 Å². The Morgan fingerprint density at radius 3 is 2.08 bits per heavy atom. The maximum atomic E-state index is 11.2. The van der Waals surface area contributed by atoms with Gasteiger partial charge in [-0.15, -0.1) is 0 Å². The van der Waals surface area contributed by atoms with E-state index < -0.39 is 10.1 Å². The molecule has 4 aliphatic carbocycles. The molecule has 6 rings (SSSR count). The van der Waals surface area contributed by atoms with Crippen molar-refractivity contribution < 1.29 is 17.7 Å². The van der Waals surface area contributed by atoms with Gasteiger partial charge < -0.3 is 9.29 Å². The zero-order chi connectivity index (χ0) is 17.2. The third-order valence-electron chi connectivity index (χ3n) is 6.48. The van der Waals surface area contributed by atoms with Gasteiger partial charge in [0.05, 0.1) is 4.90 Å². The molecular formula is C20H21O4S-. The molecule has 0 atom stereocenters. The molecule has 0 unspecified atom stereocenters. The highest BCUT2D eigenvalue weighted by Crippen LogP contribution is 2.54. The fraction of sp³-hybridized carbons (Fsp3) is 0.500. The second-order valence-electron chi connectivity index (χ2n) is 8.14. The third kappa shape index (κ3) is 2.74. The van der Waals surface area contributed by atoms with Crippen molar-refractivity contribution in [2.45, 2.75) is 43.1 Å². The summed E-state index contributed by atoms with van der Waals surface area (Å²) in [7, 11) is -4.42. The number of ether oxygens (including phenoxy) is 1. The molecule has 4 saturated carbocycles. The SMILES string of the molecule is O=S(=O)([O-])c1ccc2cc(OC3C4CC5CC(C4)CC3C5)ccc2c1. The first-order valence-electron chi connectivity index (χ1n) is 9.12. The highest BCUT2D eigenvalue weighted by atomic mass is 32.2. The Morgan fingerprint density at radius 2 is 1.44 bits per heavy atom. The highest BCUT2D eigenvalue weighted by molar-refractivity contribution is 7.85. The van der Waals surface area contributed by atoms with E-state index in [1.165, 1.54) is 44.2 Å². The van der Waals surface area contributed by atoms with E-state index in [1.807, 2.05) is 18.2 Å². The summed E-state index contributed by atoms with van der Waals surface area (Å²) in [5.74, 6) is 4.08. The molecule has 0 aromatic heterocycles. The first-order chi connectivity index (χ1) is 12.0. The average molecular weight is 357 g/mol. The largest absolute Gasteiger partial charge is 0.744 e. The van der Waals surface area contributed by atoms with Gasteiger partial charge in [0.1, 0.15) is 22.0 Å². The fourth-order valence-electron chi connectivity index (χ4n) is 5.66. The van der Waals surface area contributed by atoms with Gasteiger partial charge >= 0.3 is 0 Å². The van der Waals surface area contributed by atoms with Crippen molar-refractivity contribution in [2.24, 2.45) is 23.7 Å². The van der Waals surface area contributed by atoms with Crippen molar-refractivity contribution >= 4 is 20.9 Å². The molecule has 2 aromatic rings. The standard InChI is InChI=1S/C20H22O4S/c21-25(22,23)19-4-2-14-10-18(3-1-15(14)11-19)24-20-16-6-12-5-13(8-16)9-17(20)7-12/h1-4,10-13,16-17,20H,5-9H2,(H,21,22,23)/p-1. The van der Waals surface area contributed by atoms with Gasteiger partial charge in [-0.05, 0) is 90.8 Å². The van der Waals surface area contributed by atoms with Crippen LogP contribution in [0.4, 0.5) is 0 Å². The molecule has 4 fully saturated rings. The van der Waals surface area contributed by atoms with Crippen molar-refractivity contribution in [3.63, 3.8) is 0 Å². The maximum absolute atomic E-state index is 11.2. The smallest absolute Gasteiger partial charge is 0.124 e. The van der Waals surface area contributed by atoms with Crippen LogP contribution in [0.25, 0.3) is 10.8 Å². The van der Waals surface area contributed by atoms with E-state index in [2.05, 4.69) is 0 Å². The van der Waals surface area contributed by atoms with E-state index in [9.17, 15) is 13.0 Å². The van der Waals surface area contributed by atoms with Crippen LogP contribution in [-0.4, -0.2) is 19.1 Å². The lowest BCUT2D eigenvalue weighted by atomic mass is 9.55. The van der Waals surface area contributed by atoms with Crippen LogP contribution in [0.3, 0.4) is 0 Å². The molecule has 0 heterocycles. The van der Waals surface area contributed by atoms with E-state index in [-0.39, 0.29) is 4.90 Å². The number of rotatable bonds is 3. The third-order valence-corrected chi connectivity index (χ3v) is 7.32. The molecule has 0 saturated heterocycles. The molecule has 4 nitrogen and oxygen atoms in total. The normalized spacial score (nSPS) is 33.7. The molecule has 4 aliphatic rings. The lowest BCUT2D eigenvalue weighted by Crippen LogP contribution is -2.50. The summed E-state index contributed by atoms with van der Waals surface area (Å²) in [6.07, 6.45) is 7.02. The zero-order valence-electron chi connectivity index (χ0n) is 13.9. The minimum atomic E-state index is -4.42. The van der Waals surface area contributed by atoms with Crippen molar-refractivity contribution in [3.8, 4) is 5.75 Å². The van der Waals surface area contributed by atoms with Gasteiger partial charge in [0, 0.05) is 0 Å². The number of hydrogen-bond donors (Lipinski definition) is 0. The first kappa shape index (κ1) is 15.6. The van der Waals surface area contributed by atoms with Gasteiger partial charge in [-0.1, -0.05) is 12.1 Å². The molecule has 0 amide bonds. The van der Waals surface area contributed by atoms with E-state index >= 15 is 0 Å². The monoisotopic (exact) mass is 357 g/mol. The molecule has 0 N–H and O–H groups in total. The Kier molecular flexibility index (Phi) is 3.41. The number of fused-ring (bicyclic) bond motifs is 1. The van der Waals surface area contributed by atoms with Crippen LogP contribution in [0.2, 0.25) is 0 Å². The predicted octanol–water partition coefficient (Wildman–Crippen LogP) is 3.95. The van der Waals surface area contributed by atoms with Gasteiger partial charge in [-0.25, -0.2) is 8.42 Å². The number of benzene rings is 2. The van der Waals surface area contributed by atoms with Gasteiger partial charge in [0.25, 0.3) is 0 Å². The predicted molar refractivity (Wildman–Crippen MR) is 93.4 cm³/mol. The van der Waals surface area contributed by atoms with Crippen LogP contribution in [0, 0.1) is 23.7 Å². The lowest BCUT2D eigenvalue weighted by Gasteiger charge is -2.53. The molecule has 0 radical (unpaired) electrons. The van der Waals surface area contributed by atoms with Crippen LogP contribution >= 0.6 is 0 Å². The molecule has 132 valence electrons. The Balaban J connectivity index is 1.42. The van der Waals surface area contributed by atoms with E-state index in [1.54, 1.807) is 6.07 Å². The van der Waals surface area contributed by atoms with Crippen molar-refractivity contribution in [1.82, 2.24) is 0 Å². The Labute approximate surface area is 147 Å². The Hall–Kier alpha value is -1.59. The van der Waals surface area contributed by atoms with Gasteiger partial charge in [-0.2, -0.15) is 0 Å². The molecular weight excluding hydrogens is 336 g/mol. The van der Waals surface area contributed by atoms with Crippen LogP contribution in [0.15, 0.2) is 41.3 Å². The quantitative estimate of drug-likeness (QED) is 0.780. The summed E-state index contributed by atoms with van der Waals surface area (Å²) < 4.78 is 39.9. The van der Waals surface area contributed by atoms with Gasteiger partial charge in [0.2, 0.25) is 0 Å². The molecule has 0 aliphatic heterocycles. The first-order valence-corrected chi connectivity index (χ1v) is 10.5. The highest BCUT2D eigenvalue weighted by Gasteiger charge is 2.49. The molecule has 4 bridgehead atoms. The van der Waals surface area contributed by atoms with E-state index in [0.717, 1.165) is 28.4 Å².